The number of carbonyl (C=O) groups is 2. The Bertz CT molecular complexity index is 472. The summed E-state index contributed by atoms with van der Waals surface area (Å²) in [4.78, 5) is 24.6. The summed E-state index contributed by atoms with van der Waals surface area (Å²) in [6, 6.07) is 0. The van der Waals surface area contributed by atoms with Gasteiger partial charge >= 0.3 is 11.9 Å². The van der Waals surface area contributed by atoms with Crippen LogP contribution in [0.5, 0.6) is 0 Å². The first-order valence-electron chi connectivity index (χ1n) is 14.2. The molecule has 4 nitrogen and oxygen atoms in total. The minimum Gasteiger partial charge on any atom is -0.466 e. The van der Waals surface area contributed by atoms with Crippen molar-refractivity contribution in [3.8, 4) is 0 Å². The maximum atomic E-state index is 12.5. The second-order valence-electron chi connectivity index (χ2n) is 10.7. The van der Waals surface area contributed by atoms with E-state index in [1.165, 1.54) is 77.0 Å². The van der Waals surface area contributed by atoms with Gasteiger partial charge in [0, 0.05) is 6.42 Å². The molecule has 0 N–H and O–H groups in total. The first kappa shape index (κ1) is 31.9. The summed E-state index contributed by atoms with van der Waals surface area (Å²) in [5.41, 5.74) is -0.572. The van der Waals surface area contributed by atoms with Crippen LogP contribution < -0.4 is 0 Å². The fourth-order valence-electron chi connectivity index (χ4n) is 4.39. The number of hydrogen-bond donors (Lipinski definition) is 0. The zero-order chi connectivity index (χ0) is 24.8. The van der Waals surface area contributed by atoms with Crippen molar-refractivity contribution in [2.45, 2.75) is 150 Å². The van der Waals surface area contributed by atoms with Crippen LogP contribution in [0.15, 0.2) is 0 Å². The van der Waals surface area contributed by atoms with Gasteiger partial charge in [0.05, 0.1) is 18.6 Å². The Morgan fingerprint density at radius 3 is 1.48 bits per heavy atom. The van der Waals surface area contributed by atoms with Crippen LogP contribution in [-0.2, 0) is 19.1 Å². The van der Waals surface area contributed by atoms with E-state index in [0.29, 0.717) is 26.1 Å². The van der Waals surface area contributed by atoms with Crippen molar-refractivity contribution >= 4 is 11.9 Å². The molecule has 0 aliphatic carbocycles. The minimum absolute atomic E-state index is 0.0988. The Morgan fingerprint density at radius 2 is 1.03 bits per heavy atom. The molecule has 0 fully saturated rings. The number of unbranched alkanes of at least 4 members (excludes halogenated alkanes) is 14. The number of carbonyl (C=O) groups excluding carboxylic acids is 2. The van der Waals surface area contributed by atoms with Crippen LogP contribution in [0.2, 0.25) is 0 Å². The smallest absolute Gasteiger partial charge is 0.311 e. The second-order valence-corrected chi connectivity index (χ2v) is 10.7. The van der Waals surface area contributed by atoms with Crippen molar-refractivity contribution in [2.75, 3.05) is 13.2 Å². The Balaban J connectivity index is 3.81. The topological polar surface area (TPSA) is 52.6 Å². The molecular formula is C29H56O4. The lowest BCUT2D eigenvalue weighted by atomic mass is 9.82. The highest BCUT2D eigenvalue weighted by Gasteiger charge is 2.32. The van der Waals surface area contributed by atoms with Crippen LogP contribution >= 0.6 is 0 Å². The number of ether oxygens (including phenoxy) is 2. The molecule has 0 aromatic carbocycles. The van der Waals surface area contributed by atoms with E-state index in [1.54, 1.807) is 0 Å². The van der Waals surface area contributed by atoms with E-state index in [9.17, 15) is 9.59 Å². The fourth-order valence-corrected chi connectivity index (χ4v) is 4.39. The Morgan fingerprint density at radius 1 is 0.636 bits per heavy atom. The predicted molar refractivity (Wildman–Crippen MR) is 139 cm³/mol. The lowest BCUT2D eigenvalue weighted by molar-refractivity contribution is -0.156. The van der Waals surface area contributed by atoms with Crippen LogP contribution in [0.25, 0.3) is 0 Å². The van der Waals surface area contributed by atoms with Crippen molar-refractivity contribution in [1.29, 1.82) is 0 Å². The summed E-state index contributed by atoms with van der Waals surface area (Å²) >= 11 is 0. The summed E-state index contributed by atoms with van der Waals surface area (Å²) < 4.78 is 10.9. The number of hydrogen-bond acceptors (Lipinski definition) is 4. The lowest BCUT2D eigenvalue weighted by Crippen LogP contribution is -2.29. The normalized spacial score (nSPS) is 12.5. The van der Waals surface area contributed by atoms with Crippen molar-refractivity contribution < 1.29 is 19.1 Å². The maximum absolute atomic E-state index is 12.5. The van der Waals surface area contributed by atoms with E-state index >= 15 is 0 Å². The molecule has 0 saturated heterocycles. The monoisotopic (exact) mass is 468 g/mol. The molecule has 0 aliphatic heterocycles. The molecule has 0 spiro atoms. The summed E-state index contributed by atoms with van der Waals surface area (Å²) in [5.74, 6) is -0.195. The first-order chi connectivity index (χ1) is 15.8. The van der Waals surface area contributed by atoms with Crippen molar-refractivity contribution in [2.24, 2.45) is 11.3 Å². The van der Waals surface area contributed by atoms with E-state index < -0.39 is 5.41 Å². The molecule has 0 bridgehead atoms. The molecule has 196 valence electrons. The number of rotatable bonds is 23. The molecule has 0 unspecified atom stereocenters. The molecular weight excluding hydrogens is 412 g/mol. The lowest BCUT2D eigenvalue weighted by Gasteiger charge is -2.25. The minimum atomic E-state index is -0.572. The summed E-state index contributed by atoms with van der Waals surface area (Å²) in [5, 5.41) is 0. The van der Waals surface area contributed by atoms with Crippen LogP contribution in [0.4, 0.5) is 0 Å². The van der Waals surface area contributed by atoms with E-state index in [0.717, 1.165) is 25.7 Å². The summed E-state index contributed by atoms with van der Waals surface area (Å²) in [6.07, 6.45) is 20.7. The van der Waals surface area contributed by atoms with Crippen molar-refractivity contribution in [1.82, 2.24) is 0 Å². The largest absolute Gasteiger partial charge is 0.466 e. The molecule has 4 heteroatoms. The first-order valence-corrected chi connectivity index (χ1v) is 14.2. The van der Waals surface area contributed by atoms with Gasteiger partial charge in [0.15, 0.2) is 0 Å². The molecule has 1 atom stereocenters. The average molecular weight is 469 g/mol. The van der Waals surface area contributed by atoms with Gasteiger partial charge in [-0.05, 0) is 39.0 Å². The average Bonchev–Trinajstić information content (AvgIpc) is 2.76. The third-order valence-corrected chi connectivity index (χ3v) is 6.42. The summed E-state index contributed by atoms with van der Waals surface area (Å²) in [6.45, 7) is 11.4. The standard InChI is InChI=1S/C29H56O4/c1-6-8-10-12-14-16-18-20-22-32-27(30)24-26(3)25-29(4,5)28(31)33-23-21-19-17-15-13-11-9-7-2/h26H,6-25H2,1-5H3/t26-/m0/s1. The molecule has 33 heavy (non-hydrogen) atoms. The van der Waals surface area contributed by atoms with E-state index in [1.807, 2.05) is 20.8 Å². The predicted octanol–water partition coefficient (Wildman–Crippen LogP) is 8.80. The van der Waals surface area contributed by atoms with Gasteiger partial charge in [0.2, 0.25) is 0 Å². The van der Waals surface area contributed by atoms with Gasteiger partial charge < -0.3 is 9.47 Å². The van der Waals surface area contributed by atoms with Gasteiger partial charge in [-0.25, -0.2) is 0 Å². The van der Waals surface area contributed by atoms with Gasteiger partial charge in [-0.2, -0.15) is 0 Å². The molecule has 0 heterocycles. The van der Waals surface area contributed by atoms with Gasteiger partial charge in [0.1, 0.15) is 0 Å². The highest BCUT2D eigenvalue weighted by molar-refractivity contribution is 5.76. The van der Waals surface area contributed by atoms with Crippen molar-refractivity contribution in [3.63, 3.8) is 0 Å². The van der Waals surface area contributed by atoms with Crippen LogP contribution in [0.3, 0.4) is 0 Å². The van der Waals surface area contributed by atoms with Gasteiger partial charge in [-0.15, -0.1) is 0 Å². The van der Waals surface area contributed by atoms with E-state index in [2.05, 4.69) is 13.8 Å². The molecule has 0 rings (SSSR count). The second kappa shape index (κ2) is 21.5. The highest BCUT2D eigenvalue weighted by Crippen LogP contribution is 2.29. The quantitative estimate of drug-likeness (QED) is 0.111. The number of esters is 2. The maximum Gasteiger partial charge on any atom is 0.311 e. The van der Waals surface area contributed by atoms with Crippen LogP contribution in [0, 0.1) is 11.3 Å². The third-order valence-electron chi connectivity index (χ3n) is 6.42. The highest BCUT2D eigenvalue weighted by atomic mass is 16.5. The fraction of sp³-hybridized carbons (Fsp3) is 0.931. The SMILES string of the molecule is CCCCCCCCCCOC(=O)C[C@H](C)CC(C)(C)C(=O)OCCCCCCCCCC. The third kappa shape index (κ3) is 20.1. The molecule has 0 aromatic rings. The van der Waals surface area contributed by atoms with Gasteiger partial charge in [-0.3, -0.25) is 9.59 Å². The van der Waals surface area contributed by atoms with E-state index in [4.69, 9.17) is 9.47 Å². The van der Waals surface area contributed by atoms with Crippen LogP contribution in [-0.4, -0.2) is 25.2 Å². The Hall–Kier alpha value is -1.06. The molecule has 0 amide bonds. The Kier molecular flexibility index (Phi) is 20.8. The molecule has 0 saturated carbocycles. The Labute approximate surface area is 206 Å². The zero-order valence-corrected chi connectivity index (χ0v) is 22.9. The van der Waals surface area contributed by atoms with E-state index in [-0.39, 0.29) is 17.9 Å². The summed E-state index contributed by atoms with van der Waals surface area (Å²) in [7, 11) is 0. The van der Waals surface area contributed by atoms with Gasteiger partial charge in [0.25, 0.3) is 0 Å². The van der Waals surface area contributed by atoms with Crippen molar-refractivity contribution in [3.05, 3.63) is 0 Å². The van der Waals surface area contributed by atoms with Gasteiger partial charge in [-0.1, -0.05) is 111 Å². The molecule has 0 aromatic heterocycles. The van der Waals surface area contributed by atoms with Crippen LogP contribution in [0.1, 0.15) is 150 Å². The molecule has 0 radical (unpaired) electrons. The molecule has 0 aliphatic rings. The zero-order valence-electron chi connectivity index (χ0n) is 22.9.